The van der Waals surface area contributed by atoms with Gasteiger partial charge < -0.3 is 9.80 Å². The summed E-state index contributed by atoms with van der Waals surface area (Å²) in [5.74, 6) is -0.808. The van der Waals surface area contributed by atoms with Crippen molar-refractivity contribution in [2.24, 2.45) is 0 Å². The number of nitrogens with zero attached hydrogens (tertiary/aromatic N) is 3. The first-order valence-electron chi connectivity index (χ1n) is 11.4. The molecule has 2 aliphatic heterocycles. The van der Waals surface area contributed by atoms with E-state index in [1.54, 1.807) is 33.3 Å². The Morgan fingerprint density at radius 3 is 2.35 bits per heavy atom. The van der Waals surface area contributed by atoms with E-state index in [9.17, 15) is 18.4 Å². The summed E-state index contributed by atoms with van der Waals surface area (Å²) < 4.78 is 27.2. The fraction of sp³-hybridized carbons (Fsp3) is 0.308. The van der Waals surface area contributed by atoms with Crippen LogP contribution < -0.4 is 0 Å². The van der Waals surface area contributed by atoms with Gasteiger partial charge in [0.15, 0.2) is 0 Å². The number of carbonyl (C=O) groups is 2. The first-order chi connectivity index (χ1) is 16.5. The number of amides is 2. The van der Waals surface area contributed by atoms with Crippen molar-refractivity contribution in [1.82, 2.24) is 14.7 Å². The average Bonchev–Trinajstić information content (AvgIpc) is 3.33. The third-order valence-corrected chi connectivity index (χ3v) is 7.58. The minimum absolute atomic E-state index is 0.00830. The van der Waals surface area contributed by atoms with E-state index in [1.807, 2.05) is 6.07 Å². The zero-order valence-corrected chi connectivity index (χ0v) is 19.4. The van der Waals surface area contributed by atoms with Crippen LogP contribution in [-0.4, -0.2) is 65.8 Å². The summed E-state index contributed by atoms with van der Waals surface area (Å²) in [5.41, 5.74) is 2.44. The van der Waals surface area contributed by atoms with Crippen LogP contribution >= 0.6 is 11.3 Å². The molecular formula is C26H25F2N3O2S. The van der Waals surface area contributed by atoms with Gasteiger partial charge in [0.05, 0.1) is 12.6 Å². The van der Waals surface area contributed by atoms with Crippen LogP contribution in [0.4, 0.5) is 8.78 Å². The third kappa shape index (κ3) is 4.60. The minimum atomic E-state index is -0.379. The molecule has 34 heavy (non-hydrogen) atoms. The predicted molar refractivity (Wildman–Crippen MR) is 127 cm³/mol. The lowest BCUT2D eigenvalue weighted by atomic mass is 9.93. The molecule has 1 aromatic heterocycles. The number of hydrogen-bond donors (Lipinski definition) is 0. The van der Waals surface area contributed by atoms with Gasteiger partial charge in [-0.2, -0.15) is 0 Å². The quantitative estimate of drug-likeness (QED) is 0.567. The van der Waals surface area contributed by atoms with Gasteiger partial charge in [0.1, 0.15) is 11.6 Å². The lowest BCUT2D eigenvalue weighted by Gasteiger charge is -2.39. The van der Waals surface area contributed by atoms with Gasteiger partial charge >= 0.3 is 0 Å². The van der Waals surface area contributed by atoms with Crippen molar-refractivity contribution in [2.45, 2.75) is 12.5 Å². The molecule has 0 aliphatic carbocycles. The molecule has 176 valence electrons. The molecule has 5 nitrogen and oxygen atoms in total. The van der Waals surface area contributed by atoms with E-state index >= 15 is 0 Å². The largest absolute Gasteiger partial charge is 0.338 e. The smallest absolute Gasteiger partial charge is 0.253 e. The van der Waals surface area contributed by atoms with Crippen LogP contribution in [0.15, 0.2) is 60.0 Å². The van der Waals surface area contributed by atoms with Gasteiger partial charge in [-0.1, -0.05) is 12.1 Å². The molecule has 0 saturated carbocycles. The fourth-order valence-electron chi connectivity index (χ4n) is 4.81. The monoisotopic (exact) mass is 481 g/mol. The predicted octanol–water partition coefficient (Wildman–Crippen LogP) is 3.96. The number of thiophene rings is 1. The summed E-state index contributed by atoms with van der Waals surface area (Å²) in [6.07, 6.45) is 0.867. The topological polar surface area (TPSA) is 43.9 Å². The van der Waals surface area contributed by atoms with Gasteiger partial charge in [-0.15, -0.1) is 11.3 Å². The Labute approximate surface area is 201 Å². The summed E-state index contributed by atoms with van der Waals surface area (Å²) in [6, 6.07) is 14.0. The van der Waals surface area contributed by atoms with Gasteiger partial charge in [-0.05, 0) is 65.4 Å². The second-order valence-electron chi connectivity index (χ2n) is 8.66. The number of carbonyl (C=O) groups excluding carboxylic acids is 2. The van der Waals surface area contributed by atoms with Crippen LogP contribution in [0.1, 0.15) is 32.4 Å². The maximum atomic E-state index is 14.0. The zero-order chi connectivity index (χ0) is 23.7. The molecule has 0 N–H and O–H groups in total. The Morgan fingerprint density at radius 1 is 0.882 bits per heavy atom. The molecule has 1 atom stereocenters. The molecule has 0 spiro atoms. The van der Waals surface area contributed by atoms with Gasteiger partial charge in [-0.3, -0.25) is 14.5 Å². The lowest BCUT2D eigenvalue weighted by Crippen LogP contribution is -2.53. The number of fused-ring (bicyclic) bond motifs is 1. The summed E-state index contributed by atoms with van der Waals surface area (Å²) in [4.78, 5) is 32.8. The van der Waals surface area contributed by atoms with Crippen molar-refractivity contribution in [3.05, 3.63) is 93.2 Å². The van der Waals surface area contributed by atoms with Crippen molar-refractivity contribution in [3.8, 4) is 0 Å². The summed E-state index contributed by atoms with van der Waals surface area (Å²) in [5, 5.41) is 2.06. The molecule has 8 heteroatoms. The van der Waals surface area contributed by atoms with Crippen LogP contribution in [0.2, 0.25) is 0 Å². The van der Waals surface area contributed by atoms with Crippen LogP contribution in [-0.2, 0) is 11.2 Å². The normalized spacial score (nSPS) is 18.6. The summed E-state index contributed by atoms with van der Waals surface area (Å²) in [6.45, 7) is 2.74. The second-order valence-corrected chi connectivity index (χ2v) is 9.66. The SMILES string of the molecule is O=C(CN1CCc2sccc2C1c1cccc(F)c1)N1CCN(C(=O)c2ccc(F)cc2)CC1. The Hall–Kier alpha value is -3.10. The fourth-order valence-corrected chi connectivity index (χ4v) is 5.72. The van der Waals surface area contributed by atoms with Gasteiger partial charge in [0, 0.05) is 43.2 Å². The number of halogens is 2. The highest BCUT2D eigenvalue weighted by atomic mass is 32.1. The first kappa shape index (κ1) is 22.7. The molecule has 0 radical (unpaired) electrons. The van der Waals surface area contributed by atoms with Crippen molar-refractivity contribution >= 4 is 23.2 Å². The standard InChI is InChI=1S/C26H25F2N3O2S/c27-20-6-4-18(5-7-20)26(33)30-13-11-29(12-14-30)24(32)17-31-10-8-23-22(9-15-34-23)25(31)19-2-1-3-21(28)16-19/h1-7,9,15-16,25H,8,10-14,17H2. The Bertz CT molecular complexity index is 1190. The van der Waals surface area contributed by atoms with Crippen molar-refractivity contribution in [3.63, 3.8) is 0 Å². The van der Waals surface area contributed by atoms with Crippen molar-refractivity contribution < 1.29 is 18.4 Å². The molecule has 0 bridgehead atoms. The number of piperazine rings is 1. The van der Waals surface area contributed by atoms with E-state index < -0.39 is 0 Å². The molecular weight excluding hydrogens is 456 g/mol. The molecule has 2 amide bonds. The molecule has 1 saturated heterocycles. The highest BCUT2D eigenvalue weighted by molar-refractivity contribution is 7.10. The highest BCUT2D eigenvalue weighted by Crippen LogP contribution is 2.37. The summed E-state index contributed by atoms with van der Waals surface area (Å²) in [7, 11) is 0. The van der Waals surface area contributed by atoms with E-state index in [2.05, 4.69) is 16.3 Å². The molecule has 5 rings (SSSR count). The van der Waals surface area contributed by atoms with Crippen LogP contribution in [0.3, 0.4) is 0 Å². The molecule has 1 fully saturated rings. The lowest BCUT2D eigenvalue weighted by molar-refractivity contribution is -0.134. The van der Waals surface area contributed by atoms with Gasteiger partial charge in [0.25, 0.3) is 5.91 Å². The van der Waals surface area contributed by atoms with Crippen LogP contribution in [0.25, 0.3) is 0 Å². The average molecular weight is 482 g/mol. The molecule has 3 aromatic rings. The van der Waals surface area contributed by atoms with E-state index in [4.69, 9.17) is 0 Å². The second kappa shape index (κ2) is 9.64. The van der Waals surface area contributed by atoms with Gasteiger partial charge in [0.2, 0.25) is 5.91 Å². The van der Waals surface area contributed by atoms with Gasteiger partial charge in [-0.25, -0.2) is 8.78 Å². The molecule has 1 unspecified atom stereocenters. The van der Waals surface area contributed by atoms with E-state index in [0.717, 1.165) is 24.1 Å². The van der Waals surface area contributed by atoms with Crippen molar-refractivity contribution in [1.29, 1.82) is 0 Å². The van der Waals surface area contributed by atoms with Crippen molar-refractivity contribution in [2.75, 3.05) is 39.3 Å². The third-order valence-electron chi connectivity index (χ3n) is 6.58. The maximum Gasteiger partial charge on any atom is 0.253 e. The van der Waals surface area contributed by atoms with Crippen LogP contribution in [0.5, 0.6) is 0 Å². The Kier molecular flexibility index (Phi) is 6.43. The number of benzene rings is 2. The zero-order valence-electron chi connectivity index (χ0n) is 18.6. The first-order valence-corrected chi connectivity index (χ1v) is 12.3. The van der Waals surface area contributed by atoms with E-state index in [1.165, 1.54) is 35.2 Å². The molecule has 2 aliphatic rings. The number of rotatable bonds is 4. The van der Waals surface area contributed by atoms with E-state index in [-0.39, 0.29) is 36.0 Å². The summed E-state index contributed by atoms with van der Waals surface area (Å²) >= 11 is 1.70. The Morgan fingerprint density at radius 2 is 1.62 bits per heavy atom. The minimum Gasteiger partial charge on any atom is -0.338 e. The highest BCUT2D eigenvalue weighted by Gasteiger charge is 2.33. The molecule has 3 heterocycles. The van der Waals surface area contributed by atoms with Crippen LogP contribution in [0, 0.1) is 11.6 Å². The van der Waals surface area contributed by atoms with E-state index in [0.29, 0.717) is 31.7 Å². The Balaban J connectivity index is 1.25. The maximum absolute atomic E-state index is 14.0. The number of hydrogen-bond acceptors (Lipinski definition) is 4. The molecule has 2 aromatic carbocycles.